The number of hydrogen-bond acceptors (Lipinski definition) is 2. The SMILES string of the molecule is CC(C)c1ccnc(CCCl)n1. The Morgan fingerprint density at radius 2 is 2.25 bits per heavy atom. The molecule has 0 aliphatic carbocycles. The Balaban J connectivity index is 2.81. The highest BCUT2D eigenvalue weighted by Gasteiger charge is 2.01. The molecule has 0 atom stereocenters. The van der Waals surface area contributed by atoms with E-state index in [2.05, 4.69) is 23.8 Å². The normalized spacial score (nSPS) is 10.7. The standard InChI is InChI=1S/C9H13ClN2/c1-7(2)8-4-6-11-9(12-8)3-5-10/h4,6-7H,3,5H2,1-2H3. The van der Waals surface area contributed by atoms with Crippen LogP contribution < -0.4 is 0 Å². The van der Waals surface area contributed by atoms with Gasteiger partial charge in [-0.3, -0.25) is 0 Å². The van der Waals surface area contributed by atoms with Gasteiger partial charge in [0.25, 0.3) is 0 Å². The zero-order valence-electron chi connectivity index (χ0n) is 7.42. The molecule has 1 heterocycles. The van der Waals surface area contributed by atoms with Crippen molar-refractivity contribution in [3.63, 3.8) is 0 Å². The van der Waals surface area contributed by atoms with Gasteiger partial charge in [-0.2, -0.15) is 0 Å². The summed E-state index contributed by atoms with van der Waals surface area (Å²) in [6.45, 7) is 4.24. The molecule has 0 fully saturated rings. The first-order chi connectivity index (χ1) is 5.74. The lowest BCUT2D eigenvalue weighted by Gasteiger charge is -2.04. The molecule has 0 N–H and O–H groups in total. The van der Waals surface area contributed by atoms with E-state index < -0.39 is 0 Å². The molecule has 0 radical (unpaired) electrons. The van der Waals surface area contributed by atoms with Gasteiger partial charge in [-0.05, 0) is 12.0 Å². The summed E-state index contributed by atoms with van der Waals surface area (Å²) in [5.41, 5.74) is 1.09. The Kier molecular flexibility index (Phi) is 3.48. The van der Waals surface area contributed by atoms with Gasteiger partial charge in [-0.15, -0.1) is 11.6 Å². The van der Waals surface area contributed by atoms with Gasteiger partial charge in [0.05, 0.1) is 0 Å². The van der Waals surface area contributed by atoms with Crippen LogP contribution in [0.15, 0.2) is 12.3 Å². The summed E-state index contributed by atoms with van der Waals surface area (Å²) in [7, 11) is 0. The summed E-state index contributed by atoms with van der Waals surface area (Å²) in [5.74, 6) is 1.89. The third-order valence-corrected chi connectivity index (χ3v) is 1.83. The third kappa shape index (κ3) is 2.45. The molecule has 0 aliphatic heterocycles. The molecule has 0 aliphatic rings. The quantitative estimate of drug-likeness (QED) is 0.675. The monoisotopic (exact) mass is 184 g/mol. The Labute approximate surface area is 78.0 Å². The van der Waals surface area contributed by atoms with E-state index in [0.717, 1.165) is 17.9 Å². The Bertz CT molecular complexity index is 248. The summed E-state index contributed by atoms with van der Waals surface area (Å²) in [4.78, 5) is 8.48. The fourth-order valence-electron chi connectivity index (χ4n) is 0.941. The number of hydrogen-bond donors (Lipinski definition) is 0. The van der Waals surface area contributed by atoms with Crippen molar-refractivity contribution >= 4 is 11.6 Å². The van der Waals surface area contributed by atoms with Crippen molar-refractivity contribution in [2.24, 2.45) is 0 Å². The van der Waals surface area contributed by atoms with Crippen molar-refractivity contribution in [1.29, 1.82) is 0 Å². The van der Waals surface area contributed by atoms with Crippen LogP contribution in [0.3, 0.4) is 0 Å². The van der Waals surface area contributed by atoms with Crippen molar-refractivity contribution in [2.75, 3.05) is 5.88 Å². The highest BCUT2D eigenvalue weighted by molar-refractivity contribution is 6.17. The van der Waals surface area contributed by atoms with Crippen LogP contribution in [0.5, 0.6) is 0 Å². The summed E-state index contributed by atoms with van der Waals surface area (Å²) in [6, 6.07) is 1.95. The van der Waals surface area contributed by atoms with Crippen molar-refractivity contribution in [1.82, 2.24) is 9.97 Å². The molecule has 0 saturated carbocycles. The molecule has 0 spiro atoms. The second kappa shape index (κ2) is 4.41. The number of halogens is 1. The second-order valence-corrected chi connectivity index (χ2v) is 3.37. The zero-order chi connectivity index (χ0) is 8.97. The van der Waals surface area contributed by atoms with Gasteiger partial charge in [0.1, 0.15) is 5.82 Å². The predicted octanol–water partition coefficient (Wildman–Crippen LogP) is 2.38. The van der Waals surface area contributed by atoms with Crippen LogP contribution in [0.1, 0.15) is 31.3 Å². The van der Waals surface area contributed by atoms with E-state index in [1.807, 2.05) is 6.07 Å². The number of rotatable bonds is 3. The first kappa shape index (κ1) is 9.46. The topological polar surface area (TPSA) is 25.8 Å². The Hall–Kier alpha value is -0.630. The minimum atomic E-state index is 0.460. The predicted molar refractivity (Wildman–Crippen MR) is 50.5 cm³/mol. The van der Waals surface area contributed by atoms with Gasteiger partial charge in [0.15, 0.2) is 0 Å². The van der Waals surface area contributed by atoms with Crippen LogP contribution >= 0.6 is 11.6 Å². The molecular weight excluding hydrogens is 172 g/mol. The van der Waals surface area contributed by atoms with Crippen LogP contribution in [-0.4, -0.2) is 15.8 Å². The van der Waals surface area contributed by atoms with E-state index in [9.17, 15) is 0 Å². The van der Waals surface area contributed by atoms with E-state index in [1.165, 1.54) is 0 Å². The fraction of sp³-hybridized carbons (Fsp3) is 0.556. The van der Waals surface area contributed by atoms with E-state index in [0.29, 0.717) is 11.8 Å². The van der Waals surface area contributed by atoms with Gasteiger partial charge in [-0.25, -0.2) is 9.97 Å². The van der Waals surface area contributed by atoms with Crippen molar-refractivity contribution < 1.29 is 0 Å². The highest BCUT2D eigenvalue weighted by Crippen LogP contribution is 2.10. The fourth-order valence-corrected chi connectivity index (χ4v) is 1.11. The van der Waals surface area contributed by atoms with Crippen LogP contribution in [0.25, 0.3) is 0 Å². The maximum atomic E-state index is 5.59. The minimum absolute atomic E-state index is 0.460. The van der Waals surface area contributed by atoms with E-state index in [-0.39, 0.29) is 0 Å². The molecule has 3 heteroatoms. The molecule has 0 amide bonds. The van der Waals surface area contributed by atoms with Crippen LogP contribution in [0.4, 0.5) is 0 Å². The smallest absolute Gasteiger partial charge is 0.129 e. The maximum Gasteiger partial charge on any atom is 0.129 e. The number of aryl methyl sites for hydroxylation is 1. The molecule has 0 aromatic carbocycles. The molecular formula is C9H13ClN2. The van der Waals surface area contributed by atoms with E-state index in [4.69, 9.17) is 11.6 Å². The van der Waals surface area contributed by atoms with Gasteiger partial charge >= 0.3 is 0 Å². The van der Waals surface area contributed by atoms with Crippen LogP contribution in [0.2, 0.25) is 0 Å². The largest absolute Gasteiger partial charge is 0.241 e. The lowest BCUT2D eigenvalue weighted by atomic mass is 10.1. The molecule has 0 saturated heterocycles. The highest BCUT2D eigenvalue weighted by atomic mass is 35.5. The lowest BCUT2D eigenvalue weighted by Crippen LogP contribution is -2.00. The van der Waals surface area contributed by atoms with E-state index >= 15 is 0 Å². The van der Waals surface area contributed by atoms with Crippen molar-refractivity contribution in [2.45, 2.75) is 26.2 Å². The minimum Gasteiger partial charge on any atom is -0.241 e. The Morgan fingerprint density at radius 3 is 2.83 bits per heavy atom. The van der Waals surface area contributed by atoms with E-state index in [1.54, 1.807) is 6.20 Å². The van der Waals surface area contributed by atoms with Crippen molar-refractivity contribution in [3.8, 4) is 0 Å². The molecule has 1 rings (SSSR count). The second-order valence-electron chi connectivity index (χ2n) is 2.99. The average Bonchev–Trinajstić information content (AvgIpc) is 2.05. The first-order valence-corrected chi connectivity index (χ1v) is 4.65. The van der Waals surface area contributed by atoms with Gasteiger partial charge in [-0.1, -0.05) is 13.8 Å². The molecule has 1 aromatic heterocycles. The average molecular weight is 185 g/mol. The summed E-state index contributed by atoms with van der Waals surface area (Å²) < 4.78 is 0. The summed E-state index contributed by atoms with van der Waals surface area (Å²) in [6.07, 6.45) is 2.55. The first-order valence-electron chi connectivity index (χ1n) is 4.12. The van der Waals surface area contributed by atoms with Crippen LogP contribution in [-0.2, 0) is 6.42 Å². The van der Waals surface area contributed by atoms with Gasteiger partial charge in [0, 0.05) is 24.2 Å². The number of alkyl halides is 1. The van der Waals surface area contributed by atoms with Crippen molar-refractivity contribution in [3.05, 3.63) is 23.8 Å². The van der Waals surface area contributed by atoms with Crippen LogP contribution in [0, 0.1) is 0 Å². The molecule has 66 valence electrons. The molecule has 1 aromatic rings. The number of aromatic nitrogens is 2. The lowest BCUT2D eigenvalue weighted by molar-refractivity contribution is 0.787. The zero-order valence-corrected chi connectivity index (χ0v) is 8.17. The molecule has 2 nitrogen and oxygen atoms in total. The summed E-state index contributed by atoms with van der Waals surface area (Å²) >= 11 is 5.59. The third-order valence-electron chi connectivity index (χ3n) is 1.64. The molecule has 0 bridgehead atoms. The molecule has 12 heavy (non-hydrogen) atoms. The Morgan fingerprint density at radius 1 is 1.50 bits per heavy atom. The summed E-state index contributed by atoms with van der Waals surface area (Å²) in [5, 5.41) is 0. The van der Waals surface area contributed by atoms with Gasteiger partial charge < -0.3 is 0 Å². The molecule has 0 unspecified atom stereocenters. The van der Waals surface area contributed by atoms with Gasteiger partial charge in [0.2, 0.25) is 0 Å². The number of nitrogens with zero attached hydrogens (tertiary/aromatic N) is 2. The maximum absolute atomic E-state index is 5.59.